The van der Waals surface area contributed by atoms with E-state index < -0.39 is 60.5 Å². The lowest BCUT2D eigenvalue weighted by Crippen LogP contribution is -2.66. The molecule has 0 bridgehead atoms. The molecule has 6 aliphatic rings. The zero-order chi connectivity index (χ0) is 35.9. The van der Waals surface area contributed by atoms with Gasteiger partial charge in [0.1, 0.15) is 24.4 Å². The zero-order valence-electron chi connectivity index (χ0n) is 30.9. The van der Waals surface area contributed by atoms with Crippen LogP contribution in [-0.2, 0) is 23.7 Å². The molecule has 3 saturated heterocycles. The first-order valence-electron chi connectivity index (χ1n) is 18.7. The number of hydrogen-bond acceptors (Lipinski definition) is 10. The molecule has 6 N–H and O–H groups in total. The van der Waals surface area contributed by atoms with Crippen molar-refractivity contribution >= 4 is 5.91 Å². The predicted octanol–water partition coefficient (Wildman–Crippen LogP) is 3.12. The van der Waals surface area contributed by atoms with Gasteiger partial charge in [-0.05, 0) is 108 Å². The van der Waals surface area contributed by atoms with E-state index in [9.17, 15) is 30.3 Å². The van der Waals surface area contributed by atoms with E-state index in [0.29, 0.717) is 18.3 Å². The number of ether oxygens (including phenoxy) is 4. The lowest BCUT2D eigenvalue weighted by molar-refractivity contribution is -0.315. The van der Waals surface area contributed by atoms with Gasteiger partial charge in [-0.2, -0.15) is 0 Å². The average molecular weight is 694 g/mol. The second-order valence-corrected chi connectivity index (χ2v) is 18.3. The summed E-state index contributed by atoms with van der Waals surface area (Å²) in [5, 5.41) is 56.0. The second-order valence-electron chi connectivity index (χ2n) is 18.3. The average Bonchev–Trinajstić information content (AvgIpc) is 3.36. The standard InChI is InChI=1S/C38H63NO10/c1-20(41)39-29-31(44)30(43)24(19-40)46-33(29)49-35(4,5)27-13-15-36(6)17-21(9-12-28(36)47-27)22-10-11-25-37(7)16-14-26(34(2,3)45)48-32(37)23(42)18-38(22,25)8/h17,22-33,40,42-45H,9-16,18-19H2,1-8H3,(H,39,41)/t22-,23-,24-,25-,26+,27-,28-,29-,30+,31+,32+,33+,36+,37+,38+/m0/s1. The number of rotatable bonds is 7. The number of fused-ring (bicyclic) bond motifs is 4. The van der Waals surface area contributed by atoms with Crippen molar-refractivity contribution in [2.75, 3.05) is 6.61 Å². The molecule has 3 aliphatic carbocycles. The molecule has 15 atom stereocenters. The molecule has 280 valence electrons. The molecule has 0 aromatic rings. The van der Waals surface area contributed by atoms with Gasteiger partial charge in [0.25, 0.3) is 0 Å². The van der Waals surface area contributed by atoms with Crippen molar-refractivity contribution in [1.82, 2.24) is 5.32 Å². The fourth-order valence-corrected chi connectivity index (χ4v) is 11.3. The van der Waals surface area contributed by atoms with Gasteiger partial charge in [0, 0.05) is 12.3 Å². The van der Waals surface area contributed by atoms with Gasteiger partial charge in [-0.25, -0.2) is 0 Å². The molecule has 11 nitrogen and oxygen atoms in total. The Bertz CT molecular complexity index is 1270. The van der Waals surface area contributed by atoms with Crippen molar-refractivity contribution in [3.8, 4) is 0 Å². The highest BCUT2D eigenvalue weighted by Crippen LogP contribution is 2.67. The summed E-state index contributed by atoms with van der Waals surface area (Å²) in [6, 6.07) is -1.01. The van der Waals surface area contributed by atoms with E-state index in [1.807, 2.05) is 13.8 Å². The molecule has 11 heteroatoms. The molecule has 0 radical (unpaired) electrons. The van der Waals surface area contributed by atoms with Gasteiger partial charge in [0.2, 0.25) is 5.91 Å². The Morgan fingerprint density at radius 1 is 0.939 bits per heavy atom. The molecule has 0 aromatic heterocycles. The number of nitrogens with one attached hydrogen (secondary N) is 1. The fourth-order valence-electron chi connectivity index (χ4n) is 11.3. The molecule has 49 heavy (non-hydrogen) atoms. The maximum Gasteiger partial charge on any atom is 0.217 e. The Kier molecular flexibility index (Phi) is 10.0. The number of hydrogen-bond donors (Lipinski definition) is 6. The molecule has 0 spiro atoms. The lowest BCUT2D eigenvalue weighted by Gasteiger charge is -2.60. The minimum atomic E-state index is -1.38. The topological polar surface area (TPSA) is 167 Å². The van der Waals surface area contributed by atoms with E-state index in [-0.39, 0.29) is 40.7 Å². The van der Waals surface area contributed by atoms with Crippen LogP contribution in [0.15, 0.2) is 11.6 Å². The van der Waals surface area contributed by atoms with Gasteiger partial charge in [0.05, 0.1) is 48.3 Å². The highest BCUT2D eigenvalue weighted by Gasteiger charge is 2.65. The summed E-state index contributed by atoms with van der Waals surface area (Å²) in [6.45, 7) is 15.3. The highest BCUT2D eigenvalue weighted by atomic mass is 16.7. The highest BCUT2D eigenvalue weighted by molar-refractivity contribution is 5.73. The third kappa shape index (κ3) is 6.56. The van der Waals surface area contributed by atoms with Crippen LogP contribution >= 0.6 is 0 Å². The van der Waals surface area contributed by atoms with Crippen LogP contribution in [0.2, 0.25) is 0 Å². The van der Waals surface area contributed by atoms with Gasteiger partial charge in [-0.3, -0.25) is 4.79 Å². The first-order chi connectivity index (χ1) is 22.7. The van der Waals surface area contributed by atoms with Gasteiger partial charge in [-0.15, -0.1) is 0 Å². The van der Waals surface area contributed by atoms with Crippen molar-refractivity contribution in [3.63, 3.8) is 0 Å². The Balaban J connectivity index is 1.15. The van der Waals surface area contributed by atoms with Crippen molar-refractivity contribution in [2.45, 2.75) is 186 Å². The second kappa shape index (κ2) is 13.1. The number of carbonyl (C=O) groups excluding carboxylic acids is 1. The largest absolute Gasteiger partial charge is 0.394 e. The quantitative estimate of drug-likeness (QED) is 0.218. The minimum absolute atomic E-state index is 0.0109. The van der Waals surface area contributed by atoms with Crippen molar-refractivity contribution < 1.29 is 49.3 Å². The Morgan fingerprint density at radius 2 is 1.63 bits per heavy atom. The molecule has 1 amide bonds. The molecule has 3 aliphatic heterocycles. The third-order valence-corrected chi connectivity index (χ3v) is 13.9. The number of allylic oxidation sites excluding steroid dienone is 1. The molecular formula is C38H63NO10. The maximum atomic E-state index is 12.0. The predicted molar refractivity (Wildman–Crippen MR) is 181 cm³/mol. The van der Waals surface area contributed by atoms with Crippen LogP contribution in [0.25, 0.3) is 0 Å². The Hall–Kier alpha value is -1.15. The summed E-state index contributed by atoms with van der Waals surface area (Å²) >= 11 is 0. The van der Waals surface area contributed by atoms with Crippen molar-refractivity contribution in [2.24, 2.45) is 28.1 Å². The number of aliphatic hydroxyl groups is 5. The summed E-state index contributed by atoms with van der Waals surface area (Å²) in [6.07, 6.45) is 4.35. The van der Waals surface area contributed by atoms with E-state index in [4.69, 9.17) is 18.9 Å². The third-order valence-electron chi connectivity index (χ3n) is 13.9. The minimum Gasteiger partial charge on any atom is -0.394 e. The molecule has 6 rings (SSSR count). The smallest absolute Gasteiger partial charge is 0.217 e. The number of carbonyl (C=O) groups is 1. The SMILES string of the molecule is CC(=O)N[C@@H]1[C@@H](OC(C)(C)[C@@H]2CC[C@]3(C)C=C([C@@H]4CC[C@@H]5[C@]4(C)C[C@H](O)[C@H]4O[C@@H](C(C)(C)O)CC[C@]54C)CC[C@@H]3O2)O[C@@H](CO)[C@@H](O)[C@@H]1O. The summed E-state index contributed by atoms with van der Waals surface area (Å²) < 4.78 is 25.7. The summed E-state index contributed by atoms with van der Waals surface area (Å²) in [5.74, 6) is 0.433. The van der Waals surface area contributed by atoms with Crippen LogP contribution in [-0.4, -0.2) is 110 Å². The van der Waals surface area contributed by atoms with Gasteiger partial charge in [-0.1, -0.05) is 32.4 Å². The Morgan fingerprint density at radius 3 is 2.29 bits per heavy atom. The molecule has 0 unspecified atom stereocenters. The first-order valence-corrected chi connectivity index (χ1v) is 18.7. The van der Waals surface area contributed by atoms with E-state index >= 15 is 0 Å². The van der Waals surface area contributed by atoms with Crippen LogP contribution in [0.3, 0.4) is 0 Å². The van der Waals surface area contributed by atoms with Gasteiger partial charge < -0.3 is 49.8 Å². The normalized spacial score (nSPS) is 49.0. The van der Waals surface area contributed by atoms with E-state index in [1.165, 1.54) is 12.5 Å². The molecule has 2 saturated carbocycles. The van der Waals surface area contributed by atoms with Crippen LogP contribution < -0.4 is 5.32 Å². The van der Waals surface area contributed by atoms with Gasteiger partial charge in [0.15, 0.2) is 6.29 Å². The monoisotopic (exact) mass is 693 g/mol. The lowest BCUT2D eigenvalue weighted by atomic mass is 9.50. The molecule has 3 heterocycles. The summed E-state index contributed by atoms with van der Waals surface area (Å²) in [5.41, 5.74) is -0.619. The number of aliphatic hydroxyl groups excluding tert-OH is 4. The molecule has 5 fully saturated rings. The molecule has 0 aromatic carbocycles. The number of amides is 1. The van der Waals surface area contributed by atoms with Crippen LogP contribution in [0.5, 0.6) is 0 Å². The van der Waals surface area contributed by atoms with Crippen LogP contribution in [0, 0.1) is 28.1 Å². The maximum absolute atomic E-state index is 12.0. The summed E-state index contributed by atoms with van der Waals surface area (Å²) in [4.78, 5) is 12.0. The van der Waals surface area contributed by atoms with Crippen molar-refractivity contribution in [1.29, 1.82) is 0 Å². The Labute approximate surface area is 292 Å². The zero-order valence-corrected chi connectivity index (χ0v) is 30.9. The van der Waals surface area contributed by atoms with E-state index in [2.05, 4.69) is 32.2 Å². The summed E-state index contributed by atoms with van der Waals surface area (Å²) in [7, 11) is 0. The molecular weight excluding hydrogens is 630 g/mol. The van der Waals surface area contributed by atoms with Gasteiger partial charge >= 0.3 is 0 Å². The fraction of sp³-hybridized carbons (Fsp3) is 0.921. The first kappa shape index (κ1) is 37.6. The van der Waals surface area contributed by atoms with E-state index in [1.54, 1.807) is 13.8 Å². The van der Waals surface area contributed by atoms with Crippen molar-refractivity contribution in [3.05, 3.63) is 11.6 Å². The van der Waals surface area contributed by atoms with E-state index in [0.717, 1.165) is 51.4 Å². The van der Waals surface area contributed by atoms with Crippen LogP contribution in [0.1, 0.15) is 113 Å². The van der Waals surface area contributed by atoms with Crippen LogP contribution in [0.4, 0.5) is 0 Å².